The van der Waals surface area contributed by atoms with Gasteiger partial charge < -0.3 is 10.0 Å². The predicted octanol–water partition coefficient (Wildman–Crippen LogP) is 2.80. The summed E-state index contributed by atoms with van der Waals surface area (Å²) >= 11 is 0. The third kappa shape index (κ3) is 3.21. The molecule has 0 aromatic rings. The van der Waals surface area contributed by atoms with E-state index in [2.05, 4.69) is 11.9 Å². The van der Waals surface area contributed by atoms with Crippen LogP contribution in [-0.4, -0.2) is 35.7 Å². The van der Waals surface area contributed by atoms with Gasteiger partial charge in [0, 0.05) is 12.6 Å². The first-order valence-corrected chi connectivity index (χ1v) is 7.15. The Kier molecular flexibility index (Phi) is 4.66. The standard InChI is InChI=1S/C14H27NO/c1-15(13-9-5-6-10-13)11-14(16)12-7-3-2-4-8-12/h12-14,16H,2-11H2,1H3. The van der Waals surface area contributed by atoms with Gasteiger partial charge >= 0.3 is 0 Å². The molecule has 2 saturated carbocycles. The SMILES string of the molecule is CN(CC(O)C1CCCCC1)C1CCCC1. The molecular formula is C14H27NO. The molecule has 2 rings (SSSR count). The summed E-state index contributed by atoms with van der Waals surface area (Å²) in [5, 5.41) is 10.3. The Morgan fingerprint density at radius 3 is 2.19 bits per heavy atom. The van der Waals surface area contributed by atoms with Gasteiger partial charge in [-0.1, -0.05) is 32.1 Å². The molecule has 0 heterocycles. The van der Waals surface area contributed by atoms with Crippen LogP contribution in [0.2, 0.25) is 0 Å². The molecule has 94 valence electrons. The van der Waals surface area contributed by atoms with Gasteiger partial charge in [0.05, 0.1) is 6.10 Å². The van der Waals surface area contributed by atoms with Crippen molar-refractivity contribution in [3.8, 4) is 0 Å². The fraction of sp³-hybridized carbons (Fsp3) is 1.00. The average molecular weight is 225 g/mol. The molecule has 0 aromatic carbocycles. The molecule has 0 spiro atoms. The van der Waals surface area contributed by atoms with Crippen LogP contribution in [0, 0.1) is 5.92 Å². The van der Waals surface area contributed by atoms with Crippen molar-refractivity contribution in [2.24, 2.45) is 5.92 Å². The topological polar surface area (TPSA) is 23.5 Å². The summed E-state index contributed by atoms with van der Waals surface area (Å²) in [7, 11) is 2.20. The highest BCUT2D eigenvalue weighted by molar-refractivity contribution is 4.80. The van der Waals surface area contributed by atoms with Crippen LogP contribution in [0.1, 0.15) is 57.8 Å². The lowest BCUT2D eigenvalue weighted by Crippen LogP contribution is -2.39. The molecule has 0 aromatic heterocycles. The van der Waals surface area contributed by atoms with E-state index in [4.69, 9.17) is 0 Å². The molecule has 0 bridgehead atoms. The molecule has 0 saturated heterocycles. The summed E-state index contributed by atoms with van der Waals surface area (Å²) in [6.45, 7) is 0.898. The van der Waals surface area contributed by atoms with Gasteiger partial charge in [0.15, 0.2) is 0 Å². The summed E-state index contributed by atoms with van der Waals surface area (Å²) in [5.74, 6) is 0.581. The third-order valence-corrected chi connectivity index (χ3v) is 4.62. The van der Waals surface area contributed by atoms with Crippen LogP contribution in [0.3, 0.4) is 0 Å². The molecular weight excluding hydrogens is 198 g/mol. The zero-order valence-electron chi connectivity index (χ0n) is 10.7. The summed E-state index contributed by atoms with van der Waals surface area (Å²) in [6, 6.07) is 0.748. The second-order valence-corrected chi connectivity index (χ2v) is 5.84. The largest absolute Gasteiger partial charge is 0.392 e. The molecule has 2 fully saturated rings. The van der Waals surface area contributed by atoms with Crippen molar-refractivity contribution in [1.29, 1.82) is 0 Å². The molecule has 2 aliphatic rings. The highest BCUT2D eigenvalue weighted by Gasteiger charge is 2.26. The smallest absolute Gasteiger partial charge is 0.0695 e. The van der Waals surface area contributed by atoms with Crippen molar-refractivity contribution < 1.29 is 5.11 Å². The first-order valence-electron chi connectivity index (χ1n) is 7.15. The van der Waals surface area contributed by atoms with Gasteiger partial charge in [-0.25, -0.2) is 0 Å². The van der Waals surface area contributed by atoms with Crippen molar-refractivity contribution in [3.63, 3.8) is 0 Å². The van der Waals surface area contributed by atoms with Crippen LogP contribution in [0.25, 0.3) is 0 Å². The van der Waals surface area contributed by atoms with E-state index in [-0.39, 0.29) is 6.10 Å². The Hall–Kier alpha value is -0.0800. The zero-order chi connectivity index (χ0) is 11.4. The van der Waals surface area contributed by atoms with Crippen molar-refractivity contribution in [2.75, 3.05) is 13.6 Å². The minimum atomic E-state index is -0.0779. The van der Waals surface area contributed by atoms with Crippen molar-refractivity contribution in [1.82, 2.24) is 4.90 Å². The molecule has 0 aliphatic heterocycles. The maximum atomic E-state index is 10.3. The summed E-state index contributed by atoms with van der Waals surface area (Å²) in [4.78, 5) is 2.41. The fourth-order valence-corrected chi connectivity index (χ4v) is 3.46. The van der Waals surface area contributed by atoms with Gasteiger partial charge in [-0.2, -0.15) is 0 Å². The van der Waals surface area contributed by atoms with Crippen molar-refractivity contribution in [3.05, 3.63) is 0 Å². The minimum absolute atomic E-state index is 0.0779. The monoisotopic (exact) mass is 225 g/mol. The molecule has 0 amide bonds. The van der Waals surface area contributed by atoms with E-state index in [1.54, 1.807) is 0 Å². The number of aliphatic hydroxyl groups is 1. The second-order valence-electron chi connectivity index (χ2n) is 5.84. The van der Waals surface area contributed by atoms with E-state index in [0.29, 0.717) is 5.92 Å². The molecule has 2 aliphatic carbocycles. The number of likely N-dealkylation sites (N-methyl/N-ethyl adjacent to an activating group) is 1. The molecule has 16 heavy (non-hydrogen) atoms. The van der Waals surface area contributed by atoms with Crippen LogP contribution >= 0.6 is 0 Å². The van der Waals surface area contributed by atoms with Gasteiger partial charge in [-0.05, 0) is 38.6 Å². The van der Waals surface area contributed by atoms with Crippen molar-refractivity contribution >= 4 is 0 Å². The average Bonchev–Trinajstić information content (AvgIpc) is 2.83. The van der Waals surface area contributed by atoms with Gasteiger partial charge in [0.25, 0.3) is 0 Å². The van der Waals surface area contributed by atoms with E-state index in [9.17, 15) is 5.11 Å². The van der Waals surface area contributed by atoms with E-state index >= 15 is 0 Å². The predicted molar refractivity (Wildman–Crippen MR) is 67.5 cm³/mol. The molecule has 1 atom stereocenters. The molecule has 2 nitrogen and oxygen atoms in total. The molecule has 2 heteroatoms. The van der Waals surface area contributed by atoms with Gasteiger partial charge in [-0.3, -0.25) is 0 Å². The Morgan fingerprint density at radius 1 is 1.00 bits per heavy atom. The van der Waals surface area contributed by atoms with E-state index < -0.39 is 0 Å². The number of hydrogen-bond acceptors (Lipinski definition) is 2. The Balaban J connectivity index is 1.74. The summed E-state index contributed by atoms with van der Waals surface area (Å²) < 4.78 is 0. The first kappa shape index (κ1) is 12.4. The number of nitrogens with zero attached hydrogens (tertiary/aromatic N) is 1. The van der Waals surface area contributed by atoms with E-state index in [1.807, 2.05) is 0 Å². The van der Waals surface area contributed by atoms with Gasteiger partial charge in [0.2, 0.25) is 0 Å². The molecule has 0 radical (unpaired) electrons. The quantitative estimate of drug-likeness (QED) is 0.795. The third-order valence-electron chi connectivity index (χ3n) is 4.62. The number of aliphatic hydroxyl groups excluding tert-OH is 1. The summed E-state index contributed by atoms with van der Waals surface area (Å²) in [6.07, 6.45) is 11.9. The van der Waals surface area contributed by atoms with Gasteiger partial charge in [0.1, 0.15) is 0 Å². The highest BCUT2D eigenvalue weighted by atomic mass is 16.3. The molecule has 1 N–H and O–H groups in total. The van der Waals surface area contributed by atoms with Crippen LogP contribution in [-0.2, 0) is 0 Å². The Morgan fingerprint density at radius 2 is 1.56 bits per heavy atom. The van der Waals surface area contributed by atoms with Crippen LogP contribution in [0.5, 0.6) is 0 Å². The zero-order valence-corrected chi connectivity index (χ0v) is 10.7. The summed E-state index contributed by atoms with van der Waals surface area (Å²) in [5.41, 5.74) is 0. The lowest BCUT2D eigenvalue weighted by Gasteiger charge is -2.32. The fourth-order valence-electron chi connectivity index (χ4n) is 3.46. The Bertz CT molecular complexity index is 195. The highest BCUT2D eigenvalue weighted by Crippen LogP contribution is 2.28. The van der Waals surface area contributed by atoms with E-state index in [1.165, 1.54) is 57.8 Å². The lowest BCUT2D eigenvalue weighted by atomic mass is 9.85. The second kappa shape index (κ2) is 6.02. The Labute approximate surface area is 100 Å². The minimum Gasteiger partial charge on any atom is -0.392 e. The normalized spacial score (nSPS) is 26.4. The van der Waals surface area contributed by atoms with Crippen LogP contribution in [0.15, 0.2) is 0 Å². The number of rotatable bonds is 4. The van der Waals surface area contributed by atoms with Crippen LogP contribution in [0.4, 0.5) is 0 Å². The maximum Gasteiger partial charge on any atom is 0.0695 e. The van der Waals surface area contributed by atoms with Crippen LogP contribution < -0.4 is 0 Å². The van der Waals surface area contributed by atoms with E-state index in [0.717, 1.165) is 12.6 Å². The van der Waals surface area contributed by atoms with Gasteiger partial charge in [-0.15, -0.1) is 0 Å². The van der Waals surface area contributed by atoms with Crippen molar-refractivity contribution in [2.45, 2.75) is 69.9 Å². The molecule has 1 unspecified atom stereocenters. The first-order chi connectivity index (χ1) is 7.77. The lowest BCUT2D eigenvalue weighted by molar-refractivity contribution is 0.0437. The number of hydrogen-bond donors (Lipinski definition) is 1. The maximum absolute atomic E-state index is 10.3.